The summed E-state index contributed by atoms with van der Waals surface area (Å²) in [4.78, 5) is 24.2. The number of anilines is 1. The van der Waals surface area contributed by atoms with Gasteiger partial charge in [0.1, 0.15) is 5.25 Å². The van der Waals surface area contributed by atoms with Gasteiger partial charge in [-0.3, -0.25) is 9.59 Å². The van der Waals surface area contributed by atoms with Crippen LogP contribution in [-0.4, -0.2) is 35.2 Å². The maximum Gasteiger partial charge on any atom is 0.240 e. The van der Waals surface area contributed by atoms with Gasteiger partial charge in [-0.05, 0) is 35.9 Å². The average molecular weight is 396 g/mol. The highest BCUT2D eigenvalue weighted by Gasteiger charge is 2.32. The van der Waals surface area contributed by atoms with Crippen LogP contribution in [-0.2, 0) is 9.59 Å². The molecule has 1 fully saturated rings. The lowest BCUT2D eigenvalue weighted by atomic mass is 10.2. The van der Waals surface area contributed by atoms with E-state index < -0.39 is 5.25 Å². The highest BCUT2D eigenvalue weighted by molar-refractivity contribution is 8.15. The number of fused-ring (bicyclic) bond motifs is 1. The van der Waals surface area contributed by atoms with Crippen LogP contribution >= 0.6 is 11.8 Å². The second-order valence-electron chi connectivity index (χ2n) is 5.98. The minimum Gasteiger partial charge on any atom is -0.454 e. The number of hydrogen-bond donors (Lipinski definition) is 2. The van der Waals surface area contributed by atoms with E-state index in [2.05, 4.69) is 20.8 Å². The van der Waals surface area contributed by atoms with E-state index >= 15 is 0 Å². The topological polar surface area (TPSA) is 101 Å². The van der Waals surface area contributed by atoms with Crippen molar-refractivity contribution in [1.82, 2.24) is 5.32 Å². The number of carbonyl (C=O) groups excluding carboxylic acids is 2. The third kappa shape index (κ3) is 4.32. The van der Waals surface area contributed by atoms with E-state index in [4.69, 9.17) is 9.47 Å². The first-order valence-corrected chi connectivity index (χ1v) is 9.38. The van der Waals surface area contributed by atoms with Gasteiger partial charge in [0.05, 0.1) is 6.21 Å². The third-order valence-corrected chi connectivity index (χ3v) is 5.03. The van der Waals surface area contributed by atoms with Crippen molar-refractivity contribution < 1.29 is 19.1 Å². The number of amidine groups is 1. The Morgan fingerprint density at radius 3 is 2.89 bits per heavy atom. The molecule has 9 heteroatoms. The third-order valence-electron chi connectivity index (χ3n) is 3.96. The highest BCUT2D eigenvalue weighted by atomic mass is 32.2. The molecule has 0 aromatic heterocycles. The Hall–Kier alpha value is -3.33. The molecule has 1 atom stereocenters. The van der Waals surface area contributed by atoms with Gasteiger partial charge < -0.3 is 20.1 Å². The maximum absolute atomic E-state index is 12.1. The lowest BCUT2D eigenvalue weighted by Gasteiger charge is -2.06. The number of hydrogen-bond acceptors (Lipinski definition) is 7. The van der Waals surface area contributed by atoms with Crippen molar-refractivity contribution in [3.05, 3.63) is 54.1 Å². The zero-order valence-corrected chi connectivity index (χ0v) is 15.4. The zero-order chi connectivity index (χ0) is 19.3. The summed E-state index contributed by atoms with van der Waals surface area (Å²) in [6.07, 6.45) is 1.60. The molecule has 0 radical (unpaired) electrons. The van der Waals surface area contributed by atoms with Crippen LogP contribution in [0.1, 0.15) is 12.0 Å². The normalized spacial score (nSPS) is 19.2. The van der Waals surface area contributed by atoms with Gasteiger partial charge in [0.15, 0.2) is 16.7 Å². The second-order valence-corrected chi connectivity index (χ2v) is 7.17. The van der Waals surface area contributed by atoms with Gasteiger partial charge in [-0.25, -0.2) is 0 Å². The monoisotopic (exact) mass is 396 g/mol. The largest absolute Gasteiger partial charge is 0.454 e. The van der Waals surface area contributed by atoms with E-state index in [0.717, 1.165) is 5.56 Å². The van der Waals surface area contributed by atoms with Gasteiger partial charge in [0, 0.05) is 12.1 Å². The maximum atomic E-state index is 12.1. The zero-order valence-electron chi connectivity index (χ0n) is 14.6. The first kappa shape index (κ1) is 18.1. The molecule has 0 unspecified atom stereocenters. The second kappa shape index (κ2) is 8.13. The molecular weight excluding hydrogens is 380 g/mol. The summed E-state index contributed by atoms with van der Waals surface area (Å²) < 4.78 is 10.6. The predicted octanol–water partition coefficient (Wildman–Crippen LogP) is 2.37. The number of ether oxygens (including phenoxy) is 2. The lowest BCUT2D eigenvalue weighted by Crippen LogP contribution is -2.28. The molecule has 2 N–H and O–H groups in total. The standard InChI is InChI=1S/C19H16N4O4S/c24-17(21-13-4-2-1-3-5-13)9-16-18(25)22-19(28-16)23-20-10-12-6-7-14-15(8-12)27-11-26-14/h1-8,10,16H,9,11H2,(H,21,24)(H,22,23,25)/b20-10-/t16-/m0/s1. The summed E-state index contributed by atoms with van der Waals surface area (Å²) in [5.41, 5.74) is 1.49. The van der Waals surface area contributed by atoms with Crippen LogP contribution in [0.4, 0.5) is 5.69 Å². The van der Waals surface area contributed by atoms with Crippen LogP contribution in [0.2, 0.25) is 0 Å². The van der Waals surface area contributed by atoms with Crippen molar-refractivity contribution in [3.8, 4) is 11.5 Å². The number of amides is 2. The van der Waals surface area contributed by atoms with Gasteiger partial charge in [-0.1, -0.05) is 30.0 Å². The molecule has 4 rings (SSSR count). The molecule has 2 aliphatic heterocycles. The van der Waals surface area contributed by atoms with Gasteiger partial charge in [0.25, 0.3) is 0 Å². The molecule has 2 aromatic rings. The fourth-order valence-corrected chi connectivity index (χ4v) is 3.55. The van der Waals surface area contributed by atoms with Gasteiger partial charge >= 0.3 is 0 Å². The molecular formula is C19H16N4O4S. The van der Waals surface area contributed by atoms with E-state index in [1.165, 1.54) is 11.8 Å². The molecule has 0 aliphatic carbocycles. The quantitative estimate of drug-likeness (QED) is 0.597. The molecule has 0 saturated carbocycles. The molecule has 0 spiro atoms. The van der Waals surface area contributed by atoms with Crippen LogP contribution in [0.5, 0.6) is 11.5 Å². The molecule has 2 aromatic carbocycles. The Kier molecular flexibility index (Phi) is 5.24. The summed E-state index contributed by atoms with van der Waals surface area (Å²) >= 11 is 1.18. The summed E-state index contributed by atoms with van der Waals surface area (Å²) in [5.74, 6) is 0.859. The van der Waals surface area contributed by atoms with Gasteiger partial charge in [-0.15, -0.1) is 5.10 Å². The fourth-order valence-electron chi connectivity index (χ4n) is 2.63. The molecule has 8 nitrogen and oxygen atoms in total. The number of benzene rings is 2. The Morgan fingerprint density at radius 1 is 1.21 bits per heavy atom. The first-order chi connectivity index (χ1) is 13.7. The number of thioether (sulfide) groups is 1. The molecule has 142 valence electrons. The van der Waals surface area contributed by atoms with Crippen molar-refractivity contribution in [2.45, 2.75) is 11.7 Å². The summed E-state index contributed by atoms with van der Waals surface area (Å²) in [6, 6.07) is 14.5. The lowest BCUT2D eigenvalue weighted by molar-refractivity contribution is -0.122. The number of nitrogens with zero attached hydrogens (tertiary/aromatic N) is 2. The summed E-state index contributed by atoms with van der Waals surface area (Å²) in [7, 11) is 0. The minimum atomic E-state index is -0.539. The number of para-hydroxylation sites is 1. The summed E-state index contributed by atoms with van der Waals surface area (Å²) in [6.45, 7) is 0.208. The van der Waals surface area contributed by atoms with Crippen molar-refractivity contribution in [2.24, 2.45) is 10.2 Å². The number of nitrogens with one attached hydrogen (secondary N) is 2. The van der Waals surface area contributed by atoms with Crippen LogP contribution in [0, 0.1) is 0 Å². The molecule has 2 aliphatic rings. The molecule has 0 bridgehead atoms. The van der Waals surface area contributed by atoms with E-state index in [1.807, 2.05) is 24.3 Å². The first-order valence-electron chi connectivity index (χ1n) is 8.50. The SMILES string of the molecule is O=C(C[C@@H]1S/C(=N\N=C/c2ccc3c(c2)OCO3)NC1=O)Nc1ccccc1. The highest BCUT2D eigenvalue weighted by Crippen LogP contribution is 2.32. The van der Waals surface area contributed by atoms with Crippen molar-refractivity contribution >= 4 is 40.6 Å². The smallest absolute Gasteiger partial charge is 0.240 e. The minimum absolute atomic E-state index is 0.0519. The Morgan fingerprint density at radius 2 is 2.04 bits per heavy atom. The molecule has 2 heterocycles. The van der Waals surface area contributed by atoms with E-state index in [1.54, 1.807) is 30.5 Å². The van der Waals surface area contributed by atoms with E-state index in [9.17, 15) is 9.59 Å². The van der Waals surface area contributed by atoms with E-state index in [0.29, 0.717) is 22.4 Å². The van der Waals surface area contributed by atoms with Gasteiger partial charge in [-0.2, -0.15) is 5.10 Å². The Bertz CT molecular complexity index is 962. The van der Waals surface area contributed by atoms with Crippen molar-refractivity contribution in [3.63, 3.8) is 0 Å². The van der Waals surface area contributed by atoms with Crippen molar-refractivity contribution in [1.29, 1.82) is 0 Å². The van der Waals surface area contributed by atoms with Crippen LogP contribution in [0.3, 0.4) is 0 Å². The fraction of sp³-hybridized carbons (Fsp3) is 0.158. The average Bonchev–Trinajstić information content (AvgIpc) is 3.29. The van der Waals surface area contributed by atoms with Crippen molar-refractivity contribution in [2.75, 3.05) is 12.1 Å². The van der Waals surface area contributed by atoms with Crippen LogP contribution in [0.25, 0.3) is 0 Å². The summed E-state index contributed by atoms with van der Waals surface area (Å²) in [5, 5.41) is 13.2. The molecule has 2 amide bonds. The molecule has 28 heavy (non-hydrogen) atoms. The van der Waals surface area contributed by atoms with Crippen LogP contribution in [0.15, 0.2) is 58.7 Å². The number of carbonyl (C=O) groups is 2. The van der Waals surface area contributed by atoms with E-state index in [-0.39, 0.29) is 25.0 Å². The Labute approximate surface area is 165 Å². The Balaban J connectivity index is 1.33. The number of rotatable bonds is 5. The van der Waals surface area contributed by atoms with Crippen LogP contribution < -0.4 is 20.1 Å². The molecule has 1 saturated heterocycles. The van der Waals surface area contributed by atoms with Gasteiger partial charge in [0.2, 0.25) is 18.6 Å². The predicted molar refractivity (Wildman–Crippen MR) is 107 cm³/mol.